The Kier molecular flexibility index (Phi) is 3.42. The van der Waals surface area contributed by atoms with Gasteiger partial charge in [0.25, 0.3) is 5.95 Å². The Hall–Kier alpha value is -1.92. The average molecular weight is 277 g/mol. The fourth-order valence-corrected chi connectivity index (χ4v) is 1.95. The van der Waals surface area contributed by atoms with Crippen LogP contribution in [0.2, 0.25) is 0 Å². The first-order chi connectivity index (χ1) is 9.61. The lowest BCUT2D eigenvalue weighted by atomic mass is 10.1. The molecule has 2 aromatic rings. The number of rotatable bonds is 6. The predicted octanol–water partition coefficient (Wildman–Crippen LogP) is 2.16. The molecule has 0 aromatic carbocycles. The van der Waals surface area contributed by atoms with Crippen molar-refractivity contribution in [2.24, 2.45) is 5.92 Å². The number of hydrogen-bond acceptors (Lipinski definition) is 7. The Labute approximate surface area is 117 Å². The van der Waals surface area contributed by atoms with E-state index in [0.29, 0.717) is 36.0 Å². The third kappa shape index (κ3) is 2.97. The van der Waals surface area contributed by atoms with E-state index in [4.69, 9.17) is 9.05 Å². The summed E-state index contributed by atoms with van der Waals surface area (Å²) >= 11 is 0. The first-order valence-electron chi connectivity index (χ1n) is 6.98. The maximum absolute atomic E-state index is 5.24. The van der Waals surface area contributed by atoms with Gasteiger partial charge < -0.3 is 13.9 Å². The van der Waals surface area contributed by atoms with Crippen LogP contribution >= 0.6 is 0 Å². The quantitative estimate of drug-likeness (QED) is 0.800. The second-order valence-corrected chi connectivity index (χ2v) is 5.77. The minimum atomic E-state index is 0.465. The molecule has 0 aliphatic heterocycles. The standard InChI is InChI=1S/C13H19N5O2/c1-8(2)6-11-14-10(16-19-11)7-18(3)13-15-12(20-17-13)9-4-5-9/h8-9H,4-7H2,1-3H3. The molecule has 0 N–H and O–H groups in total. The summed E-state index contributed by atoms with van der Waals surface area (Å²) in [4.78, 5) is 10.6. The van der Waals surface area contributed by atoms with E-state index in [9.17, 15) is 0 Å². The maximum atomic E-state index is 5.24. The normalized spacial score (nSPS) is 15.0. The summed E-state index contributed by atoms with van der Waals surface area (Å²) in [5, 5.41) is 7.96. The minimum absolute atomic E-state index is 0.465. The molecule has 3 rings (SSSR count). The van der Waals surface area contributed by atoms with Crippen LogP contribution in [-0.2, 0) is 13.0 Å². The van der Waals surface area contributed by atoms with Gasteiger partial charge >= 0.3 is 0 Å². The molecule has 2 aromatic heterocycles. The Morgan fingerprint density at radius 3 is 2.70 bits per heavy atom. The molecule has 0 radical (unpaired) electrons. The van der Waals surface area contributed by atoms with Crippen molar-refractivity contribution in [2.75, 3.05) is 11.9 Å². The van der Waals surface area contributed by atoms with E-state index in [1.54, 1.807) is 0 Å². The number of aromatic nitrogens is 4. The van der Waals surface area contributed by atoms with Gasteiger partial charge in [0.05, 0.1) is 6.54 Å². The van der Waals surface area contributed by atoms with Crippen LogP contribution in [0.1, 0.15) is 50.2 Å². The molecule has 0 spiro atoms. The lowest BCUT2D eigenvalue weighted by Crippen LogP contribution is -2.18. The summed E-state index contributed by atoms with van der Waals surface area (Å²) < 4.78 is 10.5. The fourth-order valence-electron chi connectivity index (χ4n) is 1.95. The van der Waals surface area contributed by atoms with E-state index in [2.05, 4.69) is 34.1 Å². The van der Waals surface area contributed by atoms with Gasteiger partial charge in [-0.25, -0.2) is 0 Å². The smallest absolute Gasteiger partial charge is 0.266 e. The van der Waals surface area contributed by atoms with Gasteiger partial charge in [-0.3, -0.25) is 0 Å². The molecule has 1 fully saturated rings. The zero-order valence-electron chi connectivity index (χ0n) is 12.0. The first kappa shape index (κ1) is 13.1. The molecular formula is C13H19N5O2. The summed E-state index contributed by atoms with van der Waals surface area (Å²) in [5.74, 6) is 3.59. The van der Waals surface area contributed by atoms with Gasteiger partial charge in [0.15, 0.2) is 5.82 Å². The Morgan fingerprint density at radius 1 is 1.20 bits per heavy atom. The summed E-state index contributed by atoms with van der Waals surface area (Å²) in [5.41, 5.74) is 0. The van der Waals surface area contributed by atoms with Crippen LogP contribution in [0.4, 0.5) is 5.95 Å². The highest BCUT2D eigenvalue weighted by atomic mass is 16.5. The van der Waals surface area contributed by atoms with E-state index in [-0.39, 0.29) is 0 Å². The Balaban J connectivity index is 1.62. The Bertz CT molecular complexity index is 573. The van der Waals surface area contributed by atoms with E-state index >= 15 is 0 Å². The summed E-state index contributed by atoms with van der Waals surface area (Å²) in [6.45, 7) is 4.74. The largest absolute Gasteiger partial charge is 0.339 e. The molecule has 1 saturated carbocycles. The van der Waals surface area contributed by atoms with Crippen molar-refractivity contribution in [1.82, 2.24) is 20.3 Å². The summed E-state index contributed by atoms with van der Waals surface area (Å²) in [6.07, 6.45) is 3.09. The van der Waals surface area contributed by atoms with Gasteiger partial charge in [-0.15, -0.1) is 0 Å². The van der Waals surface area contributed by atoms with Crippen molar-refractivity contribution < 1.29 is 9.05 Å². The molecule has 2 heterocycles. The molecule has 1 aliphatic carbocycles. The molecule has 0 unspecified atom stereocenters. The molecular weight excluding hydrogens is 258 g/mol. The second kappa shape index (κ2) is 5.22. The number of anilines is 1. The third-order valence-corrected chi connectivity index (χ3v) is 3.17. The van der Waals surface area contributed by atoms with Crippen LogP contribution in [0.15, 0.2) is 9.05 Å². The van der Waals surface area contributed by atoms with Crippen LogP contribution in [0.3, 0.4) is 0 Å². The van der Waals surface area contributed by atoms with Crippen LogP contribution in [0, 0.1) is 5.92 Å². The van der Waals surface area contributed by atoms with Crippen LogP contribution in [0.25, 0.3) is 0 Å². The van der Waals surface area contributed by atoms with Gasteiger partial charge in [-0.1, -0.05) is 19.0 Å². The van der Waals surface area contributed by atoms with Gasteiger partial charge in [0, 0.05) is 19.4 Å². The molecule has 20 heavy (non-hydrogen) atoms. The number of hydrogen-bond donors (Lipinski definition) is 0. The minimum Gasteiger partial charge on any atom is -0.339 e. The summed E-state index contributed by atoms with van der Waals surface area (Å²) in [6, 6.07) is 0. The van der Waals surface area contributed by atoms with E-state index in [0.717, 1.165) is 25.2 Å². The highest BCUT2D eigenvalue weighted by Gasteiger charge is 2.30. The van der Waals surface area contributed by atoms with Crippen molar-refractivity contribution in [3.63, 3.8) is 0 Å². The van der Waals surface area contributed by atoms with Gasteiger partial charge in [0.2, 0.25) is 11.8 Å². The highest BCUT2D eigenvalue weighted by molar-refractivity contribution is 5.27. The molecule has 0 saturated heterocycles. The SMILES string of the molecule is CC(C)Cc1nc(CN(C)c2noc(C3CC3)n2)no1. The van der Waals surface area contributed by atoms with Gasteiger partial charge in [-0.2, -0.15) is 9.97 Å². The van der Waals surface area contributed by atoms with Gasteiger partial charge in [-0.05, 0) is 23.9 Å². The molecule has 108 valence electrons. The predicted molar refractivity (Wildman–Crippen MR) is 71.2 cm³/mol. The molecule has 7 heteroatoms. The van der Waals surface area contributed by atoms with Gasteiger partial charge in [0.1, 0.15) is 0 Å². The van der Waals surface area contributed by atoms with Crippen molar-refractivity contribution in [3.05, 3.63) is 17.6 Å². The second-order valence-electron chi connectivity index (χ2n) is 5.77. The molecule has 1 aliphatic rings. The summed E-state index contributed by atoms with van der Waals surface area (Å²) in [7, 11) is 1.89. The molecule has 7 nitrogen and oxygen atoms in total. The maximum Gasteiger partial charge on any atom is 0.266 e. The molecule has 0 bridgehead atoms. The van der Waals surface area contributed by atoms with Crippen LogP contribution < -0.4 is 4.90 Å². The van der Waals surface area contributed by atoms with Crippen molar-refractivity contribution >= 4 is 5.95 Å². The third-order valence-electron chi connectivity index (χ3n) is 3.17. The topological polar surface area (TPSA) is 81.1 Å². The monoisotopic (exact) mass is 277 g/mol. The molecule has 0 atom stereocenters. The van der Waals surface area contributed by atoms with Crippen LogP contribution in [0.5, 0.6) is 0 Å². The number of nitrogens with zero attached hydrogens (tertiary/aromatic N) is 5. The van der Waals surface area contributed by atoms with Crippen molar-refractivity contribution in [3.8, 4) is 0 Å². The average Bonchev–Trinajstić information content (AvgIpc) is 2.96. The van der Waals surface area contributed by atoms with Crippen molar-refractivity contribution in [2.45, 2.75) is 45.6 Å². The zero-order valence-corrected chi connectivity index (χ0v) is 12.0. The van der Waals surface area contributed by atoms with Crippen molar-refractivity contribution in [1.29, 1.82) is 0 Å². The Morgan fingerprint density at radius 2 is 2.00 bits per heavy atom. The lowest BCUT2D eigenvalue weighted by molar-refractivity contribution is 0.358. The first-order valence-corrected chi connectivity index (χ1v) is 6.98. The zero-order chi connectivity index (χ0) is 14.1. The fraction of sp³-hybridized carbons (Fsp3) is 0.692. The molecule has 0 amide bonds. The van der Waals surface area contributed by atoms with E-state index in [1.165, 1.54) is 0 Å². The van der Waals surface area contributed by atoms with E-state index in [1.807, 2.05) is 11.9 Å². The van der Waals surface area contributed by atoms with Crippen LogP contribution in [-0.4, -0.2) is 27.3 Å². The highest BCUT2D eigenvalue weighted by Crippen LogP contribution is 2.39. The lowest BCUT2D eigenvalue weighted by Gasteiger charge is -2.10. The van der Waals surface area contributed by atoms with E-state index < -0.39 is 0 Å².